The van der Waals surface area contributed by atoms with Crippen molar-refractivity contribution in [2.75, 3.05) is 13.1 Å². The van der Waals surface area contributed by atoms with Gasteiger partial charge in [-0.1, -0.05) is 29.3 Å². The van der Waals surface area contributed by atoms with Gasteiger partial charge in [-0.25, -0.2) is 4.98 Å². The van der Waals surface area contributed by atoms with Crippen LogP contribution < -0.4 is 5.32 Å². The molecule has 1 amide bonds. The molecule has 0 spiro atoms. The number of piperidine rings is 1. The van der Waals surface area contributed by atoms with Crippen LogP contribution in [0.3, 0.4) is 0 Å². The van der Waals surface area contributed by atoms with Crippen LogP contribution in [0, 0.1) is 0 Å². The van der Waals surface area contributed by atoms with Gasteiger partial charge in [-0.2, -0.15) is 0 Å². The largest absolute Gasteiger partial charge is 0.349 e. The van der Waals surface area contributed by atoms with Crippen LogP contribution in [0.15, 0.2) is 29.6 Å². The second-order valence-corrected chi connectivity index (χ2v) is 7.35. The van der Waals surface area contributed by atoms with E-state index in [1.165, 1.54) is 4.88 Å². The molecule has 0 bridgehead atoms. The number of halogens is 2. The fraction of sp³-hybridized carbons (Fsp3) is 0.375. The zero-order chi connectivity index (χ0) is 16.2. The number of pyridine rings is 1. The Morgan fingerprint density at radius 1 is 1.30 bits per heavy atom. The smallest absolute Gasteiger partial charge is 0.254 e. The Kier molecular flexibility index (Phi) is 5.54. The molecule has 3 rings (SSSR count). The van der Waals surface area contributed by atoms with Gasteiger partial charge in [0.15, 0.2) is 0 Å². The summed E-state index contributed by atoms with van der Waals surface area (Å²) < 4.78 is 0. The van der Waals surface area contributed by atoms with Gasteiger partial charge in [-0.15, -0.1) is 11.3 Å². The zero-order valence-electron chi connectivity index (χ0n) is 12.5. The second kappa shape index (κ2) is 7.62. The quantitative estimate of drug-likeness (QED) is 0.832. The lowest BCUT2D eigenvalue weighted by Gasteiger charge is -2.32. The summed E-state index contributed by atoms with van der Waals surface area (Å²) in [5, 5.41) is 5.58. The highest BCUT2D eigenvalue weighted by atomic mass is 35.5. The van der Waals surface area contributed by atoms with Crippen molar-refractivity contribution in [3.05, 3.63) is 50.4 Å². The Balaban J connectivity index is 1.51. The molecule has 2 aromatic heterocycles. The lowest BCUT2D eigenvalue weighted by molar-refractivity contribution is 0.0909. The molecule has 0 saturated carbocycles. The monoisotopic (exact) mass is 369 g/mol. The number of aromatic nitrogens is 1. The van der Waals surface area contributed by atoms with Crippen LogP contribution in [-0.4, -0.2) is 34.9 Å². The SMILES string of the molecule is O=C(NC1CCN(Cc2cccs2)CC1)c1ccc(Cl)nc1Cl. The average Bonchev–Trinajstić information content (AvgIpc) is 3.02. The Bertz CT molecular complexity index is 670. The van der Waals surface area contributed by atoms with E-state index in [0.717, 1.165) is 32.5 Å². The van der Waals surface area contributed by atoms with E-state index in [-0.39, 0.29) is 22.3 Å². The van der Waals surface area contributed by atoms with Gasteiger partial charge in [0.1, 0.15) is 10.3 Å². The molecule has 0 atom stereocenters. The van der Waals surface area contributed by atoms with Gasteiger partial charge in [0.05, 0.1) is 5.56 Å². The molecular formula is C16H17Cl2N3OS. The minimum absolute atomic E-state index is 0.144. The fourth-order valence-electron chi connectivity index (χ4n) is 2.70. The van der Waals surface area contributed by atoms with Crippen molar-refractivity contribution in [3.8, 4) is 0 Å². The fourth-order valence-corrected chi connectivity index (χ4v) is 3.88. The third-order valence-corrected chi connectivity index (χ3v) is 5.30. The molecule has 3 heterocycles. The highest BCUT2D eigenvalue weighted by molar-refractivity contribution is 7.09. The third-order valence-electron chi connectivity index (χ3n) is 3.94. The summed E-state index contributed by atoms with van der Waals surface area (Å²) in [6.07, 6.45) is 1.88. The molecule has 0 aliphatic carbocycles. The minimum Gasteiger partial charge on any atom is -0.349 e. The first-order valence-electron chi connectivity index (χ1n) is 7.49. The number of rotatable bonds is 4. The predicted octanol–water partition coefficient (Wildman–Crippen LogP) is 3.84. The van der Waals surface area contributed by atoms with Crippen molar-refractivity contribution in [2.45, 2.75) is 25.4 Å². The molecule has 0 aromatic carbocycles. The summed E-state index contributed by atoms with van der Waals surface area (Å²) in [6, 6.07) is 7.60. The van der Waals surface area contributed by atoms with Gasteiger partial charge in [0.2, 0.25) is 0 Å². The van der Waals surface area contributed by atoms with Crippen LogP contribution in [0.1, 0.15) is 28.1 Å². The standard InChI is InChI=1S/C16H17Cl2N3OS/c17-14-4-3-13(15(18)20-14)16(22)19-11-5-7-21(8-6-11)10-12-2-1-9-23-12/h1-4,9,11H,5-8,10H2,(H,19,22). The lowest BCUT2D eigenvalue weighted by atomic mass is 10.0. The van der Waals surface area contributed by atoms with E-state index in [1.807, 2.05) is 0 Å². The van der Waals surface area contributed by atoms with Gasteiger partial charge in [0.25, 0.3) is 5.91 Å². The first-order valence-corrected chi connectivity index (χ1v) is 9.13. The first-order chi connectivity index (χ1) is 11.1. The van der Waals surface area contributed by atoms with E-state index < -0.39 is 0 Å². The van der Waals surface area contributed by atoms with Crippen molar-refractivity contribution in [1.29, 1.82) is 0 Å². The molecule has 7 heteroatoms. The van der Waals surface area contributed by atoms with Crippen LogP contribution in [-0.2, 0) is 6.54 Å². The molecule has 0 unspecified atom stereocenters. The Labute approximate surface area is 149 Å². The summed E-state index contributed by atoms with van der Waals surface area (Å²) in [5.74, 6) is -0.184. The van der Waals surface area contributed by atoms with Crippen molar-refractivity contribution < 1.29 is 4.79 Å². The highest BCUT2D eigenvalue weighted by Gasteiger charge is 2.22. The number of nitrogens with one attached hydrogen (secondary N) is 1. The lowest BCUT2D eigenvalue weighted by Crippen LogP contribution is -2.44. The van der Waals surface area contributed by atoms with E-state index in [0.29, 0.717) is 5.56 Å². The van der Waals surface area contributed by atoms with Crippen molar-refractivity contribution >= 4 is 40.4 Å². The molecule has 23 heavy (non-hydrogen) atoms. The van der Waals surface area contributed by atoms with E-state index in [2.05, 4.69) is 32.7 Å². The number of hydrogen-bond donors (Lipinski definition) is 1. The van der Waals surface area contributed by atoms with Crippen LogP contribution in [0.5, 0.6) is 0 Å². The van der Waals surface area contributed by atoms with Gasteiger partial charge in [0, 0.05) is 30.6 Å². The second-order valence-electron chi connectivity index (χ2n) is 5.58. The number of hydrogen-bond acceptors (Lipinski definition) is 4. The van der Waals surface area contributed by atoms with Crippen molar-refractivity contribution in [1.82, 2.24) is 15.2 Å². The van der Waals surface area contributed by atoms with Gasteiger partial charge in [-0.3, -0.25) is 9.69 Å². The number of carbonyl (C=O) groups is 1. The molecule has 1 aliphatic heterocycles. The number of carbonyl (C=O) groups excluding carboxylic acids is 1. The number of nitrogens with zero attached hydrogens (tertiary/aromatic N) is 2. The molecule has 1 saturated heterocycles. The maximum absolute atomic E-state index is 12.3. The topological polar surface area (TPSA) is 45.2 Å². The molecule has 0 radical (unpaired) electrons. The van der Waals surface area contributed by atoms with Crippen LogP contribution in [0.2, 0.25) is 10.3 Å². The molecule has 1 aliphatic rings. The van der Waals surface area contributed by atoms with Gasteiger partial charge >= 0.3 is 0 Å². The normalized spacial score (nSPS) is 16.4. The predicted molar refractivity (Wildman–Crippen MR) is 94.3 cm³/mol. The molecule has 1 N–H and O–H groups in total. The van der Waals surface area contributed by atoms with Crippen LogP contribution >= 0.6 is 34.5 Å². The summed E-state index contributed by atoms with van der Waals surface area (Å²) in [7, 11) is 0. The number of thiophene rings is 1. The first kappa shape index (κ1) is 16.7. The summed E-state index contributed by atoms with van der Waals surface area (Å²) >= 11 is 13.5. The Hall–Kier alpha value is -1.14. The average molecular weight is 370 g/mol. The van der Waals surface area contributed by atoms with Crippen LogP contribution in [0.25, 0.3) is 0 Å². The summed E-state index contributed by atoms with van der Waals surface area (Å²) in [4.78, 5) is 20.0. The molecule has 1 fully saturated rings. The zero-order valence-corrected chi connectivity index (χ0v) is 14.8. The van der Waals surface area contributed by atoms with E-state index >= 15 is 0 Å². The van der Waals surface area contributed by atoms with Crippen molar-refractivity contribution in [2.24, 2.45) is 0 Å². The van der Waals surface area contributed by atoms with Gasteiger partial charge in [-0.05, 0) is 36.4 Å². The van der Waals surface area contributed by atoms with Crippen molar-refractivity contribution in [3.63, 3.8) is 0 Å². The Morgan fingerprint density at radius 2 is 2.09 bits per heavy atom. The van der Waals surface area contributed by atoms with Gasteiger partial charge < -0.3 is 5.32 Å². The highest BCUT2D eigenvalue weighted by Crippen LogP contribution is 2.19. The molecule has 2 aromatic rings. The molecule has 4 nitrogen and oxygen atoms in total. The molecule has 122 valence electrons. The van der Waals surface area contributed by atoms with Crippen LogP contribution in [0.4, 0.5) is 0 Å². The van der Waals surface area contributed by atoms with E-state index in [4.69, 9.17) is 23.2 Å². The minimum atomic E-state index is -0.184. The third kappa shape index (κ3) is 4.44. The maximum atomic E-state index is 12.3. The number of likely N-dealkylation sites (tertiary alicyclic amines) is 1. The summed E-state index contributed by atoms with van der Waals surface area (Å²) in [5.41, 5.74) is 0.372. The summed E-state index contributed by atoms with van der Waals surface area (Å²) in [6.45, 7) is 2.95. The number of amides is 1. The Morgan fingerprint density at radius 3 is 2.74 bits per heavy atom. The van der Waals surface area contributed by atoms with E-state index in [9.17, 15) is 4.79 Å². The van der Waals surface area contributed by atoms with E-state index in [1.54, 1.807) is 23.5 Å². The molecular weight excluding hydrogens is 353 g/mol. The maximum Gasteiger partial charge on any atom is 0.254 e.